The molecule has 3 unspecified atom stereocenters. The van der Waals surface area contributed by atoms with Crippen molar-refractivity contribution in [3.63, 3.8) is 0 Å². The maximum atomic E-state index is 12.8. The highest BCUT2D eigenvalue weighted by atomic mass is 16.5. The van der Waals surface area contributed by atoms with Gasteiger partial charge in [-0.3, -0.25) is 9.59 Å². The molecule has 4 nitrogen and oxygen atoms in total. The van der Waals surface area contributed by atoms with Crippen molar-refractivity contribution in [1.82, 2.24) is 0 Å². The van der Waals surface area contributed by atoms with Gasteiger partial charge in [-0.15, -0.1) is 0 Å². The molecule has 0 radical (unpaired) electrons. The maximum absolute atomic E-state index is 12.8. The quantitative estimate of drug-likeness (QED) is 0.124. The van der Waals surface area contributed by atoms with Crippen molar-refractivity contribution in [2.75, 3.05) is 0 Å². The van der Waals surface area contributed by atoms with Gasteiger partial charge in [-0.05, 0) is 44.9 Å². The van der Waals surface area contributed by atoms with Crippen molar-refractivity contribution in [3.05, 3.63) is 0 Å². The van der Waals surface area contributed by atoms with Crippen LogP contribution < -0.4 is 0 Å². The standard InChI is InChI=1S/C30H56O4/c1-3-5-7-9-11-12-13-14-15-17-19-24-28(23-18-16-10-8-6-4-2)34-30(33)27-22-20-21-26(25-27)29(31)32/h26-28H,3-25H2,1-2H3,(H,31,32). The number of carboxylic acids is 1. The first-order chi connectivity index (χ1) is 16.6. The van der Waals surface area contributed by atoms with Crippen LogP contribution in [0.2, 0.25) is 0 Å². The van der Waals surface area contributed by atoms with Crippen molar-refractivity contribution < 1.29 is 19.4 Å². The summed E-state index contributed by atoms with van der Waals surface area (Å²) in [4.78, 5) is 24.2. The summed E-state index contributed by atoms with van der Waals surface area (Å²) in [5, 5.41) is 9.34. The molecule has 3 atom stereocenters. The Morgan fingerprint density at radius 3 is 1.53 bits per heavy atom. The van der Waals surface area contributed by atoms with Gasteiger partial charge in [0.25, 0.3) is 0 Å². The summed E-state index contributed by atoms with van der Waals surface area (Å²) in [7, 11) is 0. The number of carboxylic acid groups (broad SMARTS) is 1. The zero-order valence-electron chi connectivity index (χ0n) is 22.7. The lowest BCUT2D eigenvalue weighted by Gasteiger charge is -2.27. The van der Waals surface area contributed by atoms with Gasteiger partial charge in [-0.1, -0.05) is 117 Å². The van der Waals surface area contributed by atoms with Crippen molar-refractivity contribution >= 4 is 11.9 Å². The minimum absolute atomic E-state index is 0.0162. The average molecular weight is 481 g/mol. The number of aliphatic carboxylic acids is 1. The molecule has 0 aliphatic heterocycles. The monoisotopic (exact) mass is 480 g/mol. The van der Waals surface area contributed by atoms with Crippen LogP contribution in [0.5, 0.6) is 0 Å². The summed E-state index contributed by atoms with van der Waals surface area (Å²) in [6, 6.07) is 0. The molecule has 1 rings (SSSR count). The van der Waals surface area contributed by atoms with Gasteiger partial charge >= 0.3 is 11.9 Å². The van der Waals surface area contributed by atoms with Gasteiger partial charge in [0.15, 0.2) is 0 Å². The van der Waals surface area contributed by atoms with E-state index in [1.165, 1.54) is 96.3 Å². The summed E-state index contributed by atoms with van der Waals surface area (Å²) < 4.78 is 6.01. The van der Waals surface area contributed by atoms with E-state index in [2.05, 4.69) is 13.8 Å². The first-order valence-electron chi connectivity index (χ1n) is 15.0. The van der Waals surface area contributed by atoms with Gasteiger partial charge < -0.3 is 9.84 Å². The third-order valence-electron chi connectivity index (χ3n) is 7.65. The molecule has 0 aromatic heterocycles. The van der Waals surface area contributed by atoms with Crippen molar-refractivity contribution in [2.24, 2.45) is 11.8 Å². The van der Waals surface area contributed by atoms with Crippen molar-refractivity contribution in [1.29, 1.82) is 0 Å². The molecule has 1 aliphatic rings. The van der Waals surface area contributed by atoms with E-state index < -0.39 is 5.97 Å². The van der Waals surface area contributed by atoms with Gasteiger partial charge in [0.2, 0.25) is 0 Å². The highest BCUT2D eigenvalue weighted by Gasteiger charge is 2.32. The zero-order valence-corrected chi connectivity index (χ0v) is 22.7. The van der Waals surface area contributed by atoms with Crippen LogP contribution in [0.15, 0.2) is 0 Å². The fourth-order valence-corrected chi connectivity index (χ4v) is 5.34. The smallest absolute Gasteiger partial charge is 0.309 e. The fraction of sp³-hybridized carbons (Fsp3) is 0.933. The third-order valence-corrected chi connectivity index (χ3v) is 7.65. The molecule has 0 bridgehead atoms. The van der Waals surface area contributed by atoms with E-state index in [0.717, 1.165) is 38.5 Å². The Bertz CT molecular complexity index is 504. The Morgan fingerprint density at radius 2 is 1.09 bits per heavy atom. The number of esters is 1. The molecule has 1 aliphatic carbocycles. The summed E-state index contributed by atoms with van der Waals surface area (Å²) in [5.41, 5.74) is 0. The van der Waals surface area contributed by atoms with E-state index in [-0.39, 0.29) is 23.9 Å². The van der Waals surface area contributed by atoms with Crippen LogP contribution in [-0.2, 0) is 14.3 Å². The van der Waals surface area contributed by atoms with E-state index in [4.69, 9.17) is 4.74 Å². The summed E-state index contributed by atoms with van der Waals surface area (Å²) >= 11 is 0. The summed E-state index contributed by atoms with van der Waals surface area (Å²) in [6.45, 7) is 4.51. The van der Waals surface area contributed by atoms with Gasteiger partial charge in [0, 0.05) is 0 Å². The number of carbonyl (C=O) groups excluding carboxylic acids is 1. The SMILES string of the molecule is CCCCCCCCCCCCCC(CCCCCCCC)OC(=O)C1CCCC(C(=O)O)C1. The molecule has 1 fully saturated rings. The van der Waals surface area contributed by atoms with Gasteiger partial charge in [0.1, 0.15) is 6.10 Å². The average Bonchev–Trinajstić information content (AvgIpc) is 2.84. The second-order valence-corrected chi connectivity index (χ2v) is 10.8. The van der Waals surface area contributed by atoms with Crippen LogP contribution in [0.1, 0.15) is 162 Å². The third kappa shape index (κ3) is 15.8. The molecular formula is C30H56O4. The first kappa shape index (κ1) is 31.0. The van der Waals surface area contributed by atoms with Crippen LogP contribution >= 0.6 is 0 Å². The van der Waals surface area contributed by atoms with E-state index in [1.807, 2.05) is 0 Å². The molecule has 0 saturated heterocycles. The Labute approximate surface area is 211 Å². The second kappa shape index (κ2) is 21.2. The Kier molecular flexibility index (Phi) is 19.3. The number of ether oxygens (including phenoxy) is 1. The second-order valence-electron chi connectivity index (χ2n) is 10.8. The molecule has 0 aromatic carbocycles. The molecule has 0 amide bonds. The van der Waals surface area contributed by atoms with E-state index in [9.17, 15) is 14.7 Å². The minimum Gasteiger partial charge on any atom is -0.481 e. The summed E-state index contributed by atoms with van der Waals surface area (Å²) in [5.74, 6) is -1.50. The number of hydrogen-bond acceptors (Lipinski definition) is 3. The predicted molar refractivity (Wildman–Crippen MR) is 142 cm³/mol. The molecule has 0 heterocycles. The molecular weight excluding hydrogens is 424 g/mol. The lowest BCUT2D eigenvalue weighted by molar-refractivity contribution is -0.158. The lowest BCUT2D eigenvalue weighted by Crippen LogP contribution is -2.31. The Hall–Kier alpha value is -1.06. The van der Waals surface area contributed by atoms with Crippen molar-refractivity contribution in [3.8, 4) is 0 Å². The number of rotatable bonds is 22. The normalized spacial score (nSPS) is 19.1. The molecule has 1 saturated carbocycles. The summed E-state index contributed by atoms with van der Waals surface area (Å²) in [6.07, 6.45) is 26.8. The number of unbranched alkanes of at least 4 members (excludes halogenated alkanes) is 15. The number of carbonyl (C=O) groups is 2. The molecule has 1 N–H and O–H groups in total. The van der Waals surface area contributed by atoms with Gasteiger partial charge in [-0.2, -0.15) is 0 Å². The van der Waals surface area contributed by atoms with Gasteiger partial charge in [0.05, 0.1) is 11.8 Å². The van der Waals surface area contributed by atoms with Crippen molar-refractivity contribution in [2.45, 2.75) is 168 Å². The van der Waals surface area contributed by atoms with Crippen LogP contribution in [0.25, 0.3) is 0 Å². The number of hydrogen-bond donors (Lipinski definition) is 1. The molecule has 0 spiro atoms. The fourth-order valence-electron chi connectivity index (χ4n) is 5.34. The largest absolute Gasteiger partial charge is 0.481 e. The topological polar surface area (TPSA) is 63.6 Å². The van der Waals surface area contributed by atoms with Crippen LogP contribution in [0.3, 0.4) is 0 Å². The zero-order chi connectivity index (χ0) is 24.9. The van der Waals surface area contributed by atoms with Crippen LogP contribution in [0, 0.1) is 11.8 Å². The molecule has 0 aromatic rings. The van der Waals surface area contributed by atoms with Crippen LogP contribution in [-0.4, -0.2) is 23.1 Å². The Balaban J connectivity index is 2.30. The maximum Gasteiger partial charge on any atom is 0.309 e. The molecule has 34 heavy (non-hydrogen) atoms. The first-order valence-corrected chi connectivity index (χ1v) is 15.0. The molecule has 200 valence electrons. The predicted octanol–water partition coefficient (Wildman–Crippen LogP) is 9.24. The molecule has 4 heteroatoms. The van der Waals surface area contributed by atoms with E-state index in [0.29, 0.717) is 12.8 Å². The van der Waals surface area contributed by atoms with E-state index >= 15 is 0 Å². The van der Waals surface area contributed by atoms with Crippen LogP contribution in [0.4, 0.5) is 0 Å². The van der Waals surface area contributed by atoms with Gasteiger partial charge in [-0.25, -0.2) is 0 Å². The highest BCUT2D eigenvalue weighted by Crippen LogP contribution is 2.31. The van der Waals surface area contributed by atoms with E-state index in [1.54, 1.807) is 0 Å². The Morgan fingerprint density at radius 1 is 0.676 bits per heavy atom. The highest BCUT2D eigenvalue weighted by molar-refractivity contribution is 5.75. The lowest BCUT2D eigenvalue weighted by atomic mass is 9.81. The minimum atomic E-state index is -0.762.